The summed E-state index contributed by atoms with van der Waals surface area (Å²) >= 11 is 0. The monoisotopic (exact) mass is 362 g/mol. The van der Waals surface area contributed by atoms with E-state index in [4.69, 9.17) is 15.3 Å². The summed E-state index contributed by atoms with van der Waals surface area (Å²) in [6.45, 7) is 4.94. The third kappa shape index (κ3) is 34.0. The van der Waals surface area contributed by atoms with Gasteiger partial charge in [-0.3, -0.25) is 28.8 Å². The fourth-order valence-electron chi connectivity index (χ4n) is 1.28. The lowest BCUT2D eigenvalue weighted by Gasteiger charge is -1.90. The SMILES string of the molecule is CC(=O)CC(=O)O.CCCC(=O)CC(=O)O.CCCC(=O)CC(=O)O. The van der Waals surface area contributed by atoms with E-state index in [1.165, 1.54) is 6.92 Å². The average molecular weight is 362 g/mol. The zero-order valence-corrected chi connectivity index (χ0v) is 14.7. The second-order valence-corrected chi connectivity index (χ2v) is 4.99. The Morgan fingerprint density at radius 2 is 0.880 bits per heavy atom. The van der Waals surface area contributed by atoms with Crippen molar-refractivity contribution in [3.63, 3.8) is 0 Å². The van der Waals surface area contributed by atoms with Crippen LogP contribution < -0.4 is 0 Å². The highest BCUT2D eigenvalue weighted by atomic mass is 16.4. The fourth-order valence-corrected chi connectivity index (χ4v) is 1.28. The van der Waals surface area contributed by atoms with Crippen molar-refractivity contribution in [2.75, 3.05) is 0 Å². The van der Waals surface area contributed by atoms with Crippen molar-refractivity contribution >= 4 is 35.3 Å². The molecule has 0 amide bonds. The first-order valence-corrected chi connectivity index (χ1v) is 7.64. The van der Waals surface area contributed by atoms with Gasteiger partial charge >= 0.3 is 17.9 Å². The van der Waals surface area contributed by atoms with E-state index in [1.807, 2.05) is 13.8 Å². The van der Waals surface area contributed by atoms with Gasteiger partial charge in [0.05, 0.1) is 0 Å². The molecule has 0 saturated carbocycles. The quantitative estimate of drug-likeness (QED) is 0.491. The first-order valence-electron chi connectivity index (χ1n) is 7.64. The molecule has 0 fully saturated rings. The lowest BCUT2D eigenvalue weighted by atomic mass is 10.2. The molecule has 0 aliphatic heterocycles. The Hall–Kier alpha value is -2.58. The summed E-state index contributed by atoms with van der Waals surface area (Å²) in [5.41, 5.74) is 0. The molecule has 0 aromatic rings. The van der Waals surface area contributed by atoms with E-state index in [0.29, 0.717) is 12.8 Å². The van der Waals surface area contributed by atoms with Crippen LogP contribution >= 0.6 is 0 Å². The molecule has 0 aromatic heterocycles. The Labute approximate surface area is 146 Å². The van der Waals surface area contributed by atoms with Crippen LogP contribution in [0.15, 0.2) is 0 Å². The summed E-state index contributed by atoms with van der Waals surface area (Å²) < 4.78 is 0. The standard InChI is InChI=1S/2C6H10O3.C4H6O3/c2*1-2-3-5(7)4-6(8)9;1-3(5)2-4(6)7/h2*2-4H2,1H3,(H,8,9);2H2,1H3,(H,6,7). The summed E-state index contributed by atoms with van der Waals surface area (Å²) in [6, 6.07) is 0. The molecule has 0 heterocycles. The molecule has 0 atom stereocenters. The molecule has 3 N–H and O–H groups in total. The molecule has 0 rings (SSSR count). The number of aliphatic carboxylic acids is 3. The number of carbonyl (C=O) groups is 6. The van der Waals surface area contributed by atoms with Gasteiger partial charge < -0.3 is 15.3 Å². The van der Waals surface area contributed by atoms with Crippen molar-refractivity contribution in [3.05, 3.63) is 0 Å². The Kier molecular flexibility index (Phi) is 19.4. The van der Waals surface area contributed by atoms with Crippen molar-refractivity contribution in [1.29, 1.82) is 0 Å². The van der Waals surface area contributed by atoms with Crippen molar-refractivity contribution in [3.8, 4) is 0 Å². The molecule has 9 nitrogen and oxygen atoms in total. The number of carboxylic acids is 3. The molecule has 0 unspecified atom stereocenters. The number of ketones is 3. The predicted molar refractivity (Wildman–Crippen MR) is 87.3 cm³/mol. The Balaban J connectivity index is -0.000000293. The van der Waals surface area contributed by atoms with Crippen LogP contribution in [0.1, 0.15) is 65.7 Å². The van der Waals surface area contributed by atoms with E-state index in [2.05, 4.69) is 0 Å². The van der Waals surface area contributed by atoms with Crippen LogP contribution in [0.2, 0.25) is 0 Å². The van der Waals surface area contributed by atoms with Gasteiger partial charge in [0.15, 0.2) is 0 Å². The molecule has 0 aliphatic carbocycles. The van der Waals surface area contributed by atoms with Crippen LogP contribution in [0, 0.1) is 0 Å². The van der Waals surface area contributed by atoms with Gasteiger partial charge in [0, 0.05) is 12.8 Å². The molecule has 0 spiro atoms. The summed E-state index contributed by atoms with van der Waals surface area (Å²) in [5, 5.41) is 24.0. The Morgan fingerprint density at radius 3 is 1.00 bits per heavy atom. The molecule has 0 saturated heterocycles. The minimum Gasteiger partial charge on any atom is -0.481 e. The van der Waals surface area contributed by atoms with Gasteiger partial charge in [0.25, 0.3) is 0 Å². The van der Waals surface area contributed by atoms with E-state index >= 15 is 0 Å². The summed E-state index contributed by atoms with van der Waals surface area (Å²) in [6.07, 6.45) is 1.21. The van der Waals surface area contributed by atoms with Gasteiger partial charge in [-0.25, -0.2) is 0 Å². The van der Waals surface area contributed by atoms with Crippen molar-refractivity contribution in [2.45, 2.75) is 65.7 Å². The molecule has 0 aromatic carbocycles. The first-order chi connectivity index (χ1) is 11.5. The molecule has 144 valence electrons. The van der Waals surface area contributed by atoms with Gasteiger partial charge in [-0.2, -0.15) is 0 Å². The summed E-state index contributed by atoms with van der Waals surface area (Å²) in [7, 11) is 0. The van der Waals surface area contributed by atoms with Crippen LogP contribution in [0.3, 0.4) is 0 Å². The molecular formula is C16H26O9. The van der Waals surface area contributed by atoms with E-state index < -0.39 is 17.9 Å². The van der Waals surface area contributed by atoms with Crippen molar-refractivity contribution in [2.24, 2.45) is 0 Å². The molecular weight excluding hydrogens is 336 g/mol. The predicted octanol–water partition coefficient (Wildman–Crippen LogP) is 1.71. The van der Waals surface area contributed by atoms with Crippen molar-refractivity contribution < 1.29 is 44.1 Å². The zero-order valence-electron chi connectivity index (χ0n) is 14.7. The van der Waals surface area contributed by atoms with Gasteiger partial charge in [0.1, 0.15) is 36.6 Å². The smallest absolute Gasteiger partial charge is 0.310 e. The number of rotatable bonds is 10. The van der Waals surface area contributed by atoms with E-state index in [1.54, 1.807) is 0 Å². The maximum absolute atomic E-state index is 10.5. The van der Waals surface area contributed by atoms with Crippen LogP contribution in [-0.2, 0) is 28.8 Å². The number of hydrogen-bond donors (Lipinski definition) is 3. The van der Waals surface area contributed by atoms with E-state index in [0.717, 1.165) is 12.8 Å². The fraction of sp³-hybridized carbons (Fsp3) is 0.625. The minimum absolute atomic E-state index is 0.190. The van der Waals surface area contributed by atoms with Crippen LogP contribution in [0.25, 0.3) is 0 Å². The van der Waals surface area contributed by atoms with Crippen LogP contribution in [-0.4, -0.2) is 50.6 Å². The van der Waals surface area contributed by atoms with Gasteiger partial charge in [-0.1, -0.05) is 13.8 Å². The van der Waals surface area contributed by atoms with Gasteiger partial charge in [-0.05, 0) is 19.8 Å². The largest absolute Gasteiger partial charge is 0.481 e. The van der Waals surface area contributed by atoms with Crippen LogP contribution in [0.5, 0.6) is 0 Å². The number of carbonyl (C=O) groups excluding carboxylic acids is 3. The topological polar surface area (TPSA) is 163 Å². The summed E-state index contributed by atoms with van der Waals surface area (Å²) in [4.78, 5) is 60.1. The van der Waals surface area contributed by atoms with E-state index in [9.17, 15) is 28.8 Å². The molecule has 0 radical (unpaired) electrons. The van der Waals surface area contributed by atoms with E-state index in [-0.39, 0.29) is 36.6 Å². The van der Waals surface area contributed by atoms with Gasteiger partial charge in [0.2, 0.25) is 0 Å². The third-order valence-corrected chi connectivity index (χ3v) is 2.15. The molecule has 9 heteroatoms. The van der Waals surface area contributed by atoms with Crippen molar-refractivity contribution in [1.82, 2.24) is 0 Å². The maximum Gasteiger partial charge on any atom is 0.310 e. The Bertz CT molecular complexity index is 424. The van der Waals surface area contributed by atoms with Crippen LogP contribution in [0.4, 0.5) is 0 Å². The number of carboxylic acid groups (broad SMARTS) is 3. The second-order valence-electron chi connectivity index (χ2n) is 4.99. The third-order valence-electron chi connectivity index (χ3n) is 2.15. The normalized spacial score (nSPS) is 8.76. The molecule has 0 bridgehead atoms. The Morgan fingerprint density at radius 1 is 0.600 bits per heavy atom. The summed E-state index contributed by atoms with van der Waals surface area (Å²) in [5.74, 6) is -3.82. The molecule has 25 heavy (non-hydrogen) atoms. The maximum atomic E-state index is 10.5. The number of hydrogen-bond acceptors (Lipinski definition) is 6. The molecule has 0 aliphatic rings. The minimum atomic E-state index is -1.06. The van der Waals surface area contributed by atoms with Gasteiger partial charge in [-0.15, -0.1) is 0 Å². The lowest BCUT2D eigenvalue weighted by molar-refractivity contribution is -0.141. The highest BCUT2D eigenvalue weighted by Crippen LogP contribution is 1.93. The average Bonchev–Trinajstić information content (AvgIpc) is 2.36. The zero-order chi connectivity index (χ0) is 20.4. The highest BCUT2D eigenvalue weighted by molar-refractivity contribution is 5.95. The lowest BCUT2D eigenvalue weighted by Crippen LogP contribution is -2.05. The number of Topliss-reactive ketones (excluding diaryl/α,β-unsaturated/α-hetero) is 3. The second kappa shape index (κ2) is 17.8. The first kappa shape index (κ1) is 27.3. The highest BCUT2D eigenvalue weighted by Gasteiger charge is 2.05.